The van der Waals surface area contributed by atoms with Crippen LogP contribution in [-0.4, -0.2) is 10.9 Å². The molecule has 1 rings (SSSR count). The topological polar surface area (TPSA) is 46.3 Å². The Balaban J connectivity index is 2.79. The van der Waals surface area contributed by atoms with Gasteiger partial charge in [-0.05, 0) is 12.5 Å². The summed E-state index contributed by atoms with van der Waals surface area (Å²) < 4.78 is 0. The lowest BCUT2D eigenvalue weighted by Gasteiger charge is -2.22. The molecule has 0 aliphatic carbocycles. The van der Waals surface area contributed by atoms with E-state index in [0.29, 0.717) is 0 Å². The molecular formula is C10H14N2O. The van der Waals surface area contributed by atoms with Crippen molar-refractivity contribution in [1.29, 1.82) is 0 Å². The van der Waals surface area contributed by atoms with Crippen molar-refractivity contribution in [1.82, 2.24) is 5.01 Å². The van der Waals surface area contributed by atoms with E-state index in [9.17, 15) is 4.79 Å². The normalized spacial score (nSPS) is 12.2. The molecule has 0 saturated carbocycles. The Morgan fingerprint density at radius 3 is 2.38 bits per heavy atom. The van der Waals surface area contributed by atoms with Crippen molar-refractivity contribution >= 4 is 5.91 Å². The molecule has 1 unspecified atom stereocenters. The SMILES string of the molecule is CC(=O)N(N)C(C)c1ccccc1. The van der Waals surface area contributed by atoms with E-state index in [-0.39, 0.29) is 11.9 Å². The van der Waals surface area contributed by atoms with E-state index in [4.69, 9.17) is 5.84 Å². The maximum Gasteiger partial charge on any atom is 0.233 e. The highest BCUT2D eigenvalue weighted by Gasteiger charge is 2.13. The van der Waals surface area contributed by atoms with Crippen LogP contribution in [0.1, 0.15) is 25.5 Å². The lowest BCUT2D eigenvalue weighted by atomic mass is 10.1. The van der Waals surface area contributed by atoms with Crippen LogP contribution >= 0.6 is 0 Å². The van der Waals surface area contributed by atoms with Crippen molar-refractivity contribution in [2.45, 2.75) is 19.9 Å². The lowest BCUT2D eigenvalue weighted by molar-refractivity contribution is -0.131. The fourth-order valence-corrected chi connectivity index (χ4v) is 1.16. The van der Waals surface area contributed by atoms with E-state index in [1.807, 2.05) is 37.3 Å². The summed E-state index contributed by atoms with van der Waals surface area (Å²) in [5.41, 5.74) is 1.04. The minimum atomic E-state index is -0.128. The third-order valence-corrected chi connectivity index (χ3v) is 2.06. The van der Waals surface area contributed by atoms with Gasteiger partial charge in [0.05, 0.1) is 6.04 Å². The van der Waals surface area contributed by atoms with E-state index in [1.54, 1.807) is 0 Å². The lowest BCUT2D eigenvalue weighted by Crippen LogP contribution is -2.37. The zero-order chi connectivity index (χ0) is 9.84. The Morgan fingerprint density at radius 2 is 1.92 bits per heavy atom. The summed E-state index contributed by atoms with van der Waals surface area (Å²) in [6, 6.07) is 9.63. The molecule has 13 heavy (non-hydrogen) atoms. The minimum absolute atomic E-state index is 0.0706. The Labute approximate surface area is 78.1 Å². The first-order valence-electron chi connectivity index (χ1n) is 4.22. The minimum Gasteiger partial charge on any atom is -0.274 e. The van der Waals surface area contributed by atoms with E-state index in [0.717, 1.165) is 5.56 Å². The number of hydrogen-bond acceptors (Lipinski definition) is 2. The number of nitrogens with zero attached hydrogens (tertiary/aromatic N) is 1. The molecule has 2 N–H and O–H groups in total. The van der Waals surface area contributed by atoms with Gasteiger partial charge in [-0.1, -0.05) is 30.3 Å². The van der Waals surface area contributed by atoms with Crippen LogP contribution in [0.15, 0.2) is 30.3 Å². The van der Waals surface area contributed by atoms with Gasteiger partial charge in [0.25, 0.3) is 0 Å². The van der Waals surface area contributed by atoms with Crippen molar-refractivity contribution < 1.29 is 4.79 Å². The van der Waals surface area contributed by atoms with Gasteiger partial charge in [-0.25, -0.2) is 5.84 Å². The molecule has 1 aromatic rings. The second-order valence-corrected chi connectivity index (χ2v) is 3.01. The van der Waals surface area contributed by atoms with Gasteiger partial charge in [0.15, 0.2) is 0 Å². The highest BCUT2D eigenvalue weighted by Crippen LogP contribution is 2.16. The molecule has 3 heteroatoms. The van der Waals surface area contributed by atoms with Gasteiger partial charge >= 0.3 is 0 Å². The van der Waals surface area contributed by atoms with Gasteiger partial charge in [0.1, 0.15) is 0 Å². The van der Waals surface area contributed by atoms with Crippen LogP contribution in [-0.2, 0) is 4.79 Å². The number of carbonyl (C=O) groups excluding carboxylic acids is 1. The zero-order valence-electron chi connectivity index (χ0n) is 7.90. The van der Waals surface area contributed by atoms with E-state index in [1.165, 1.54) is 11.9 Å². The predicted molar refractivity (Wildman–Crippen MR) is 51.6 cm³/mol. The molecule has 0 bridgehead atoms. The van der Waals surface area contributed by atoms with Crippen LogP contribution in [0.3, 0.4) is 0 Å². The molecule has 0 radical (unpaired) electrons. The Hall–Kier alpha value is -1.35. The molecule has 0 saturated heterocycles. The van der Waals surface area contributed by atoms with Gasteiger partial charge in [-0.15, -0.1) is 0 Å². The number of benzene rings is 1. The van der Waals surface area contributed by atoms with Gasteiger partial charge < -0.3 is 0 Å². The third kappa shape index (κ3) is 2.29. The molecular weight excluding hydrogens is 164 g/mol. The molecule has 70 valence electrons. The van der Waals surface area contributed by atoms with Crippen molar-refractivity contribution in [2.24, 2.45) is 5.84 Å². The Morgan fingerprint density at radius 1 is 1.38 bits per heavy atom. The zero-order valence-corrected chi connectivity index (χ0v) is 7.90. The maximum absolute atomic E-state index is 11.0. The molecule has 1 amide bonds. The van der Waals surface area contributed by atoms with Crippen LogP contribution in [0.25, 0.3) is 0 Å². The van der Waals surface area contributed by atoms with E-state index in [2.05, 4.69) is 0 Å². The Bertz CT molecular complexity index is 284. The van der Waals surface area contributed by atoms with Crippen LogP contribution in [0, 0.1) is 0 Å². The summed E-state index contributed by atoms with van der Waals surface area (Å²) in [6.07, 6.45) is 0. The highest BCUT2D eigenvalue weighted by molar-refractivity contribution is 5.73. The fourth-order valence-electron chi connectivity index (χ4n) is 1.16. The maximum atomic E-state index is 11.0. The first-order valence-corrected chi connectivity index (χ1v) is 4.22. The average Bonchev–Trinajstić information content (AvgIpc) is 2.17. The second-order valence-electron chi connectivity index (χ2n) is 3.01. The van der Waals surface area contributed by atoms with Crippen molar-refractivity contribution in [3.05, 3.63) is 35.9 Å². The monoisotopic (exact) mass is 178 g/mol. The summed E-state index contributed by atoms with van der Waals surface area (Å²) in [5.74, 6) is 5.45. The molecule has 1 aromatic carbocycles. The number of amides is 1. The summed E-state index contributed by atoms with van der Waals surface area (Å²) in [6.45, 7) is 3.36. The first kappa shape index (κ1) is 9.74. The van der Waals surface area contributed by atoms with Gasteiger partial charge in [-0.3, -0.25) is 9.80 Å². The largest absolute Gasteiger partial charge is 0.274 e. The van der Waals surface area contributed by atoms with Gasteiger partial charge in [0.2, 0.25) is 5.91 Å². The summed E-state index contributed by atoms with van der Waals surface area (Å²) in [5, 5.41) is 1.23. The predicted octanol–water partition coefficient (Wildman–Crippen LogP) is 1.47. The number of carbonyl (C=O) groups is 1. The van der Waals surface area contributed by atoms with Crippen LogP contribution in [0.2, 0.25) is 0 Å². The molecule has 0 spiro atoms. The smallest absolute Gasteiger partial charge is 0.233 e. The molecule has 3 nitrogen and oxygen atoms in total. The molecule has 0 aliphatic heterocycles. The van der Waals surface area contributed by atoms with E-state index < -0.39 is 0 Å². The third-order valence-electron chi connectivity index (χ3n) is 2.06. The van der Waals surface area contributed by atoms with Gasteiger partial charge in [0, 0.05) is 6.92 Å². The van der Waals surface area contributed by atoms with Crippen molar-refractivity contribution in [2.75, 3.05) is 0 Å². The van der Waals surface area contributed by atoms with Crippen molar-refractivity contribution in [3.8, 4) is 0 Å². The highest BCUT2D eigenvalue weighted by atomic mass is 16.2. The fraction of sp³-hybridized carbons (Fsp3) is 0.300. The quantitative estimate of drug-likeness (QED) is 0.423. The van der Waals surface area contributed by atoms with Crippen molar-refractivity contribution in [3.63, 3.8) is 0 Å². The van der Waals surface area contributed by atoms with Crippen LogP contribution in [0.4, 0.5) is 0 Å². The molecule has 1 atom stereocenters. The molecule has 0 fully saturated rings. The number of rotatable bonds is 2. The standard InChI is InChI=1S/C10H14N2O/c1-8(12(11)9(2)13)10-6-4-3-5-7-10/h3-8H,11H2,1-2H3. The number of hydrogen-bond donors (Lipinski definition) is 1. The summed E-state index contributed by atoms with van der Waals surface area (Å²) in [4.78, 5) is 11.0. The van der Waals surface area contributed by atoms with E-state index >= 15 is 0 Å². The summed E-state index contributed by atoms with van der Waals surface area (Å²) in [7, 11) is 0. The molecule has 0 aliphatic rings. The second kappa shape index (κ2) is 4.05. The van der Waals surface area contributed by atoms with Crippen LogP contribution < -0.4 is 5.84 Å². The van der Waals surface area contributed by atoms with Crippen LogP contribution in [0.5, 0.6) is 0 Å². The number of hydrazine groups is 1. The molecule has 0 heterocycles. The number of nitrogens with two attached hydrogens (primary N) is 1. The van der Waals surface area contributed by atoms with Gasteiger partial charge in [-0.2, -0.15) is 0 Å². The average molecular weight is 178 g/mol. The summed E-state index contributed by atoms with van der Waals surface area (Å²) >= 11 is 0. The first-order chi connectivity index (χ1) is 6.13. The molecule has 0 aromatic heterocycles. The Kier molecular flexibility index (Phi) is 3.03.